The summed E-state index contributed by atoms with van der Waals surface area (Å²) in [6.45, 7) is 4.89. The fourth-order valence-electron chi connectivity index (χ4n) is 5.29. The first-order valence-corrected chi connectivity index (χ1v) is 13.7. The van der Waals surface area contributed by atoms with E-state index in [1.807, 2.05) is 12.1 Å². The molecular weight excluding hydrogens is 535 g/mol. The molecule has 1 fully saturated rings. The predicted molar refractivity (Wildman–Crippen MR) is 150 cm³/mol. The maximum atomic E-state index is 14.1. The standard InChI is InChI=1S/C30H32ClFN4O4/c1-19-14-20(25-4-3-5-29(34-25)40-18-22-6-8-23(31)16-24(22)32)10-11-35(19)17-28-33-26-9-7-21(30(37)38)15-27(26)36(28)12-13-39-2/h3-9,15-16,19-20H,10-14,17-18H2,1-2H3,(H,37,38)/t19-,20+/m1/s1. The molecule has 5 rings (SSSR count). The van der Waals surface area contributed by atoms with Crippen LogP contribution in [-0.2, 0) is 24.4 Å². The molecule has 10 heteroatoms. The van der Waals surface area contributed by atoms with Gasteiger partial charge in [0.05, 0.1) is 29.7 Å². The number of benzene rings is 2. The van der Waals surface area contributed by atoms with Crippen molar-refractivity contribution < 1.29 is 23.8 Å². The number of pyridine rings is 1. The van der Waals surface area contributed by atoms with E-state index < -0.39 is 11.8 Å². The third-order valence-electron chi connectivity index (χ3n) is 7.51. The maximum absolute atomic E-state index is 14.1. The maximum Gasteiger partial charge on any atom is 0.335 e. The van der Waals surface area contributed by atoms with Gasteiger partial charge >= 0.3 is 5.97 Å². The topological polar surface area (TPSA) is 89.7 Å². The second kappa shape index (κ2) is 12.3. The van der Waals surface area contributed by atoms with Crippen LogP contribution in [0.2, 0.25) is 5.02 Å². The van der Waals surface area contributed by atoms with E-state index in [-0.39, 0.29) is 24.1 Å². The van der Waals surface area contributed by atoms with Crippen molar-refractivity contribution >= 4 is 28.6 Å². The lowest BCUT2D eigenvalue weighted by atomic mass is 9.88. The molecule has 0 spiro atoms. The van der Waals surface area contributed by atoms with Gasteiger partial charge in [-0.3, -0.25) is 4.90 Å². The lowest BCUT2D eigenvalue weighted by Gasteiger charge is -2.37. The number of likely N-dealkylation sites (tertiary alicyclic amines) is 1. The lowest BCUT2D eigenvalue weighted by molar-refractivity contribution is 0.0697. The average Bonchev–Trinajstić information content (AvgIpc) is 3.28. The van der Waals surface area contributed by atoms with Crippen LogP contribution >= 0.6 is 11.6 Å². The van der Waals surface area contributed by atoms with Crippen molar-refractivity contribution in [2.75, 3.05) is 20.3 Å². The SMILES string of the molecule is COCCn1c(CN2CC[C@H](c3cccc(OCc4ccc(Cl)cc4F)n3)C[C@H]2C)nc2ccc(C(=O)O)cc21. The van der Waals surface area contributed by atoms with Gasteiger partial charge in [-0.05, 0) is 62.7 Å². The average molecular weight is 567 g/mol. The minimum Gasteiger partial charge on any atom is -0.478 e. The molecule has 2 atom stereocenters. The highest BCUT2D eigenvalue weighted by molar-refractivity contribution is 6.30. The Bertz CT molecular complexity index is 1510. The summed E-state index contributed by atoms with van der Waals surface area (Å²) < 4.78 is 27.3. The van der Waals surface area contributed by atoms with E-state index in [9.17, 15) is 14.3 Å². The van der Waals surface area contributed by atoms with Crippen molar-refractivity contribution in [3.63, 3.8) is 0 Å². The van der Waals surface area contributed by atoms with Crippen LogP contribution in [0.15, 0.2) is 54.6 Å². The zero-order valence-corrected chi connectivity index (χ0v) is 23.3. The summed E-state index contributed by atoms with van der Waals surface area (Å²) in [5.41, 5.74) is 3.21. The van der Waals surface area contributed by atoms with Crippen molar-refractivity contribution in [2.45, 2.75) is 51.4 Å². The molecule has 1 aliphatic rings. The van der Waals surface area contributed by atoms with Crippen LogP contribution in [0, 0.1) is 5.82 Å². The molecule has 210 valence electrons. The molecule has 2 aromatic heterocycles. The third-order valence-corrected chi connectivity index (χ3v) is 7.74. The fraction of sp³-hybridized carbons (Fsp3) is 0.367. The molecule has 40 heavy (non-hydrogen) atoms. The van der Waals surface area contributed by atoms with Gasteiger partial charge in [0.15, 0.2) is 0 Å². The summed E-state index contributed by atoms with van der Waals surface area (Å²) in [7, 11) is 1.65. The number of piperidine rings is 1. The molecule has 0 unspecified atom stereocenters. The van der Waals surface area contributed by atoms with E-state index in [2.05, 4.69) is 16.4 Å². The molecule has 2 aromatic carbocycles. The monoisotopic (exact) mass is 566 g/mol. The van der Waals surface area contributed by atoms with Crippen LogP contribution in [-0.4, -0.2) is 56.8 Å². The van der Waals surface area contributed by atoms with Crippen molar-refractivity contribution in [3.8, 4) is 5.88 Å². The molecular formula is C30H32ClFN4O4. The van der Waals surface area contributed by atoms with Gasteiger partial charge in [0.25, 0.3) is 0 Å². The van der Waals surface area contributed by atoms with Gasteiger partial charge in [0.1, 0.15) is 18.2 Å². The Balaban J connectivity index is 1.26. The van der Waals surface area contributed by atoms with Crippen LogP contribution < -0.4 is 4.74 Å². The number of aromatic nitrogens is 3. The number of carboxylic acid groups (broad SMARTS) is 1. The molecule has 8 nitrogen and oxygen atoms in total. The molecule has 1 saturated heterocycles. The highest BCUT2D eigenvalue weighted by Gasteiger charge is 2.29. The first-order chi connectivity index (χ1) is 19.3. The number of imidazole rings is 1. The van der Waals surface area contributed by atoms with Crippen molar-refractivity contribution in [2.24, 2.45) is 0 Å². The molecule has 4 aromatic rings. The zero-order chi connectivity index (χ0) is 28.2. The van der Waals surface area contributed by atoms with Gasteiger partial charge in [-0.15, -0.1) is 0 Å². The number of methoxy groups -OCH3 is 1. The summed E-state index contributed by atoms with van der Waals surface area (Å²) in [6, 6.07) is 15.6. The summed E-state index contributed by atoms with van der Waals surface area (Å²) >= 11 is 5.84. The number of hydrogen-bond acceptors (Lipinski definition) is 6. The minimum atomic E-state index is -0.959. The smallest absolute Gasteiger partial charge is 0.335 e. The molecule has 0 amide bonds. The number of ether oxygens (including phenoxy) is 2. The van der Waals surface area contributed by atoms with Crippen LogP contribution in [0.4, 0.5) is 4.39 Å². The molecule has 0 radical (unpaired) electrons. The number of hydrogen-bond donors (Lipinski definition) is 1. The molecule has 3 heterocycles. The lowest BCUT2D eigenvalue weighted by Crippen LogP contribution is -2.40. The van der Waals surface area contributed by atoms with Crippen LogP contribution in [0.3, 0.4) is 0 Å². The third kappa shape index (κ3) is 6.27. The Morgan fingerprint density at radius 3 is 2.77 bits per heavy atom. The van der Waals surface area contributed by atoms with Gasteiger partial charge in [-0.25, -0.2) is 19.2 Å². The predicted octanol–water partition coefficient (Wildman–Crippen LogP) is 5.92. The highest BCUT2D eigenvalue weighted by atomic mass is 35.5. The van der Waals surface area contributed by atoms with Gasteiger partial charge in [0.2, 0.25) is 5.88 Å². The summed E-state index contributed by atoms with van der Waals surface area (Å²) in [4.78, 5) is 23.5. The Hall–Kier alpha value is -3.53. The van der Waals surface area contributed by atoms with Crippen molar-refractivity contribution in [1.82, 2.24) is 19.4 Å². The van der Waals surface area contributed by atoms with E-state index in [0.717, 1.165) is 41.9 Å². The summed E-state index contributed by atoms with van der Waals surface area (Å²) in [5.74, 6) is 0.270. The van der Waals surface area contributed by atoms with E-state index >= 15 is 0 Å². The number of nitrogens with zero attached hydrogens (tertiary/aromatic N) is 4. The van der Waals surface area contributed by atoms with Crippen molar-refractivity contribution in [3.05, 3.63) is 88.1 Å². The fourth-order valence-corrected chi connectivity index (χ4v) is 5.45. The Morgan fingerprint density at radius 1 is 1.18 bits per heavy atom. The molecule has 0 saturated carbocycles. The molecule has 0 aliphatic carbocycles. The van der Waals surface area contributed by atoms with Gasteiger partial charge < -0.3 is 19.1 Å². The highest BCUT2D eigenvalue weighted by Crippen LogP contribution is 2.33. The van der Waals surface area contributed by atoms with E-state index in [0.29, 0.717) is 36.2 Å². The Morgan fingerprint density at radius 2 is 2.02 bits per heavy atom. The van der Waals surface area contributed by atoms with Crippen LogP contribution in [0.5, 0.6) is 5.88 Å². The minimum absolute atomic E-state index is 0.0757. The normalized spacial score (nSPS) is 17.8. The Labute approximate surface area is 237 Å². The number of rotatable bonds is 10. The second-order valence-electron chi connectivity index (χ2n) is 10.1. The first-order valence-electron chi connectivity index (χ1n) is 13.3. The van der Waals surface area contributed by atoms with Crippen LogP contribution in [0.1, 0.15) is 53.1 Å². The van der Waals surface area contributed by atoms with E-state index in [1.165, 1.54) is 6.07 Å². The molecule has 1 N–H and O–H groups in total. The second-order valence-corrected chi connectivity index (χ2v) is 10.6. The van der Waals surface area contributed by atoms with Crippen LogP contribution in [0.25, 0.3) is 11.0 Å². The largest absolute Gasteiger partial charge is 0.478 e. The Kier molecular flexibility index (Phi) is 8.63. The molecule has 1 aliphatic heterocycles. The quantitative estimate of drug-likeness (QED) is 0.255. The van der Waals surface area contributed by atoms with Gasteiger partial charge in [0, 0.05) is 48.0 Å². The molecule has 0 bridgehead atoms. The van der Waals surface area contributed by atoms with Gasteiger partial charge in [-0.2, -0.15) is 0 Å². The number of fused-ring (bicyclic) bond motifs is 1. The summed E-state index contributed by atoms with van der Waals surface area (Å²) in [6.07, 6.45) is 1.85. The number of carbonyl (C=O) groups is 1. The van der Waals surface area contributed by atoms with E-state index in [1.54, 1.807) is 43.5 Å². The van der Waals surface area contributed by atoms with Crippen molar-refractivity contribution in [1.29, 1.82) is 0 Å². The number of aromatic carboxylic acids is 1. The van der Waals surface area contributed by atoms with Gasteiger partial charge in [-0.1, -0.05) is 23.7 Å². The first kappa shape index (κ1) is 28.0. The van der Waals surface area contributed by atoms with E-state index in [4.69, 9.17) is 31.0 Å². The summed E-state index contributed by atoms with van der Waals surface area (Å²) in [5, 5.41) is 9.81. The zero-order valence-electron chi connectivity index (χ0n) is 22.5. The number of halogens is 2. The number of carboxylic acids is 1.